The first-order valence-electron chi connectivity index (χ1n) is 16.5. The van der Waals surface area contributed by atoms with E-state index in [-0.39, 0.29) is 17.4 Å². The largest absolute Gasteiger partial charge is 0.340 e. The van der Waals surface area contributed by atoms with E-state index >= 15 is 0 Å². The van der Waals surface area contributed by atoms with Gasteiger partial charge in [-0.05, 0) is 79.3 Å². The Morgan fingerprint density at radius 1 is 1.13 bits per heavy atom. The molecule has 0 spiro atoms. The van der Waals surface area contributed by atoms with Crippen LogP contribution in [0.1, 0.15) is 53.0 Å². The van der Waals surface area contributed by atoms with E-state index in [9.17, 15) is 9.18 Å². The van der Waals surface area contributed by atoms with Crippen molar-refractivity contribution in [2.45, 2.75) is 72.5 Å². The molecule has 1 saturated carbocycles. The van der Waals surface area contributed by atoms with Gasteiger partial charge in [0.1, 0.15) is 11.5 Å². The van der Waals surface area contributed by atoms with Crippen LogP contribution in [0.25, 0.3) is 22.4 Å². The summed E-state index contributed by atoms with van der Waals surface area (Å²) >= 11 is 0. The lowest BCUT2D eigenvalue weighted by Crippen LogP contribution is -2.53. The summed E-state index contributed by atoms with van der Waals surface area (Å²) in [6.07, 6.45) is 7.56. The summed E-state index contributed by atoms with van der Waals surface area (Å²) in [7, 11) is 0. The fourth-order valence-corrected chi connectivity index (χ4v) is 6.85. The van der Waals surface area contributed by atoms with Crippen LogP contribution in [-0.2, 0) is 13.0 Å². The van der Waals surface area contributed by atoms with E-state index in [1.54, 1.807) is 35.3 Å². The number of halogens is 1. The molecule has 2 aromatic carbocycles. The summed E-state index contributed by atoms with van der Waals surface area (Å²) in [5.74, 6) is 2.06. The van der Waals surface area contributed by atoms with Gasteiger partial charge in [-0.2, -0.15) is 0 Å². The van der Waals surface area contributed by atoms with E-state index in [1.807, 2.05) is 18.2 Å². The molecular weight excluding hydrogens is 579 g/mol. The molecule has 1 aliphatic heterocycles. The van der Waals surface area contributed by atoms with Crippen LogP contribution >= 0.6 is 0 Å². The van der Waals surface area contributed by atoms with E-state index in [2.05, 4.69) is 60.1 Å². The molecule has 0 bridgehead atoms. The Balaban J connectivity index is 1.36. The highest BCUT2D eigenvalue weighted by atomic mass is 19.1. The summed E-state index contributed by atoms with van der Waals surface area (Å²) in [5, 5.41) is 7.71. The lowest BCUT2D eigenvalue weighted by atomic mass is 9.63. The van der Waals surface area contributed by atoms with E-state index in [0.717, 1.165) is 49.7 Å². The molecule has 9 nitrogen and oxygen atoms in total. The van der Waals surface area contributed by atoms with E-state index in [1.165, 1.54) is 12.1 Å². The number of rotatable bonds is 6. The second kappa shape index (κ2) is 13.3. The van der Waals surface area contributed by atoms with Gasteiger partial charge >= 0.3 is 0 Å². The summed E-state index contributed by atoms with van der Waals surface area (Å²) in [6, 6.07) is 12.6. The number of aryl methyl sites for hydroxylation is 1. The van der Waals surface area contributed by atoms with Gasteiger partial charge in [0, 0.05) is 50.3 Å². The van der Waals surface area contributed by atoms with E-state index in [4.69, 9.17) is 9.98 Å². The molecule has 0 amide bonds. The van der Waals surface area contributed by atoms with Crippen molar-refractivity contribution in [1.29, 1.82) is 0 Å². The number of hydrogen-bond acceptors (Lipinski definition) is 6. The van der Waals surface area contributed by atoms with Gasteiger partial charge in [0.05, 0.1) is 23.1 Å². The highest BCUT2D eigenvalue weighted by Crippen LogP contribution is 2.44. The smallest absolute Gasteiger partial charge is 0.261 e. The van der Waals surface area contributed by atoms with Crippen molar-refractivity contribution in [2.24, 2.45) is 22.2 Å². The number of anilines is 1. The molecule has 3 heterocycles. The van der Waals surface area contributed by atoms with Gasteiger partial charge in [-0.3, -0.25) is 14.3 Å². The monoisotopic (exact) mass is 624 g/mol. The second-order valence-electron chi connectivity index (χ2n) is 13.7. The second-order valence-corrected chi connectivity index (χ2v) is 13.7. The molecule has 10 heteroatoms. The van der Waals surface area contributed by atoms with Crippen LogP contribution in [0.2, 0.25) is 0 Å². The third-order valence-corrected chi connectivity index (χ3v) is 10.2. The van der Waals surface area contributed by atoms with Crippen LogP contribution in [0.5, 0.6) is 0 Å². The van der Waals surface area contributed by atoms with Crippen molar-refractivity contribution in [3.63, 3.8) is 0 Å². The highest BCUT2D eigenvalue weighted by Gasteiger charge is 2.39. The zero-order chi connectivity index (χ0) is 32.4. The number of aromatic nitrogens is 4. The van der Waals surface area contributed by atoms with Gasteiger partial charge in [-0.15, -0.1) is 0 Å². The molecule has 2 fully saturated rings. The van der Waals surface area contributed by atoms with Gasteiger partial charge in [-0.25, -0.2) is 19.4 Å². The van der Waals surface area contributed by atoms with E-state index in [0.29, 0.717) is 58.7 Å². The van der Waals surface area contributed by atoms with Crippen molar-refractivity contribution >= 4 is 22.5 Å². The quantitative estimate of drug-likeness (QED) is 0.208. The molecule has 1 aliphatic carbocycles. The van der Waals surface area contributed by atoms with Crippen molar-refractivity contribution in [3.8, 4) is 11.5 Å². The maximum atomic E-state index is 14.0. The Morgan fingerprint density at radius 3 is 2.67 bits per heavy atom. The fraction of sp³-hybridized carbons (Fsp3) is 0.472. The van der Waals surface area contributed by atoms with Gasteiger partial charge in [-0.1, -0.05) is 39.8 Å². The molecule has 2 aromatic heterocycles. The minimum atomic E-state index is -0.288. The fourth-order valence-electron chi connectivity index (χ4n) is 6.85. The molecule has 6 rings (SSSR count). The van der Waals surface area contributed by atoms with Crippen LogP contribution in [0.3, 0.4) is 0 Å². The predicted molar refractivity (Wildman–Crippen MR) is 182 cm³/mol. The lowest BCUT2D eigenvalue weighted by molar-refractivity contribution is 0.0828. The molecule has 46 heavy (non-hydrogen) atoms. The van der Waals surface area contributed by atoms with Crippen LogP contribution in [0, 0.1) is 23.1 Å². The van der Waals surface area contributed by atoms with Gasteiger partial charge in [0.25, 0.3) is 5.56 Å². The van der Waals surface area contributed by atoms with Gasteiger partial charge < -0.3 is 15.5 Å². The van der Waals surface area contributed by atoms with Crippen molar-refractivity contribution in [3.05, 3.63) is 82.8 Å². The first-order chi connectivity index (χ1) is 22.1. The Hall–Kier alpha value is -4.18. The molecular formula is C36H45FN8O. The zero-order valence-electron chi connectivity index (χ0n) is 27.5. The Morgan fingerprint density at radius 2 is 1.93 bits per heavy atom. The standard InChI is InChI=1S/C36H45FN8O/c1-23-22-44(19-17-39-23)35(43-30-12-14-36(4,5)25(3)24(30)2)41-28-10-11-29-31(20-28)42-33(32-21-38-15-16-40-32)45(34(29)46)18-13-26-6-8-27(37)9-7-26/h6-11,15-16,20-21,23-25,30,39H,12-14,17-19,22H2,1-5H3,(H,41,43)/t23-,24-,25-,30?/m0/s1. The topological polar surface area (TPSA) is 100 Å². The summed E-state index contributed by atoms with van der Waals surface area (Å²) in [5.41, 5.74) is 2.99. The summed E-state index contributed by atoms with van der Waals surface area (Å²) in [4.78, 5) is 35.4. The highest BCUT2D eigenvalue weighted by molar-refractivity contribution is 5.96. The molecule has 1 saturated heterocycles. The number of fused-ring (bicyclic) bond motifs is 1. The summed E-state index contributed by atoms with van der Waals surface area (Å²) in [6.45, 7) is 14.6. The van der Waals surface area contributed by atoms with Crippen molar-refractivity contribution in [1.82, 2.24) is 29.7 Å². The number of piperazine rings is 1. The Labute approximate surface area is 270 Å². The third-order valence-electron chi connectivity index (χ3n) is 10.2. The zero-order valence-corrected chi connectivity index (χ0v) is 27.5. The molecule has 0 radical (unpaired) electrons. The number of hydrogen-bond donors (Lipinski definition) is 2. The number of nitrogens with one attached hydrogen (secondary N) is 2. The average molecular weight is 625 g/mol. The summed E-state index contributed by atoms with van der Waals surface area (Å²) < 4.78 is 15.1. The third kappa shape index (κ3) is 6.82. The molecule has 1 unspecified atom stereocenters. The van der Waals surface area contributed by atoms with Gasteiger partial charge in [0.2, 0.25) is 0 Å². The van der Waals surface area contributed by atoms with E-state index < -0.39 is 0 Å². The van der Waals surface area contributed by atoms with Crippen molar-refractivity contribution < 1.29 is 4.39 Å². The SMILES string of the molecule is C[C@@H]1C(N=C(Nc2ccc3c(=O)n(CCc4ccc(F)cc4)c(-c4cnccn4)nc3c2)N2CCN[C@@H](C)C2)CCC(C)(C)[C@H]1C. The first-order valence-corrected chi connectivity index (χ1v) is 16.5. The first kappa shape index (κ1) is 31.8. The number of nitrogens with zero attached hydrogens (tertiary/aromatic N) is 6. The normalized spacial score (nSPS) is 23.4. The maximum Gasteiger partial charge on any atom is 0.261 e. The minimum Gasteiger partial charge on any atom is -0.340 e. The predicted octanol–water partition coefficient (Wildman–Crippen LogP) is 5.76. The molecule has 4 aromatic rings. The lowest BCUT2D eigenvalue weighted by Gasteiger charge is -2.44. The average Bonchev–Trinajstić information content (AvgIpc) is 3.05. The molecule has 4 atom stereocenters. The Bertz CT molecular complexity index is 1750. The number of benzene rings is 2. The van der Waals surface area contributed by atoms with Gasteiger partial charge in [0.15, 0.2) is 11.8 Å². The molecule has 2 aliphatic rings. The van der Waals surface area contributed by atoms with Crippen LogP contribution < -0.4 is 16.2 Å². The van der Waals surface area contributed by atoms with Crippen LogP contribution in [-0.4, -0.2) is 62.1 Å². The molecule has 242 valence electrons. The minimum absolute atomic E-state index is 0.156. The van der Waals surface area contributed by atoms with Crippen molar-refractivity contribution in [2.75, 3.05) is 25.0 Å². The maximum absolute atomic E-state index is 14.0. The number of guanidine groups is 1. The number of aliphatic imine (C=N–C) groups is 1. The van der Waals surface area contributed by atoms with Crippen LogP contribution in [0.15, 0.2) is 70.8 Å². The van der Waals surface area contributed by atoms with Crippen LogP contribution in [0.4, 0.5) is 10.1 Å². The molecule has 2 N–H and O–H groups in total. The Kier molecular flexibility index (Phi) is 9.18.